The quantitative estimate of drug-likeness (QED) is 0.855. The van der Waals surface area contributed by atoms with E-state index in [1.165, 1.54) is 24.3 Å². The molecule has 2 N–H and O–H groups in total. The van der Waals surface area contributed by atoms with Crippen LogP contribution >= 0.6 is 11.8 Å². The van der Waals surface area contributed by atoms with Crippen LogP contribution in [-0.2, 0) is 9.47 Å². The maximum Gasteiger partial charge on any atom is 0.0723 e. The van der Waals surface area contributed by atoms with Crippen LogP contribution in [0.3, 0.4) is 0 Å². The van der Waals surface area contributed by atoms with Crippen LogP contribution in [0.25, 0.3) is 0 Å². The van der Waals surface area contributed by atoms with E-state index < -0.39 is 0 Å². The summed E-state index contributed by atoms with van der Waals surface area (Å²) < 4.78 is 12.1. The Bertz CT molecular complexity index is 259. The van der Waals surface area contributed by atoms with Gasteiger partial charge in [0.25, 0.3) is 0 Å². The average molecular weight is 273 g/mol. The van der Waals surface area contributed by atoms with Gasteiger partial charge in [-0.3, -0.25) is 0 Å². The van der Waals surface area contributed by atoms with Gasteiger partial charge in [0, 0.05) is 18.6 Å². The number of ether oxygens (including phenoxy) is 2. The van der Waals surface area contributed by atoms with Gasteiger partial charge in [0.05, 0.1) is 18.3 Å². The van der Waals surface area contributed by atoms with Crippen molar-refractivity contribution in [3.8, 4) is 0 Å². The SMILES string of the molecule is CCC(C)(N)COC1CCOC2(CCSCC2)C1. The lowest BCUT2D eigenvalue weighted by atomic mass is 9.86. The number of rotatable bonds is 4. The molecule has 0 aliphatic carbocycles. The molecule has 2 fully saturated rings. The Labute approximate surface area is 115 Å². The summed E-state index contributed by atoms with van der Waals surface area (Å²) in [5, 5.41) is 0. The molecule has 0 saturated carbocycles. The minimum Gasteiger partial charge on any atom is -0.376 e. The van der Waals surface area contributed by atoms with Gasteiger partial charge in [-0.15, -0.1) is 0 Å². The molecule has 0 amide bonds. The van der Waals surface area contributed by atoms with Gasteiger partial charge in [-0.2, -0.15) is 11.8 Å². The first kappa shape index (κ1) is 14.6. The average Bonchev–Trinajstić information content (AvgIpc) is 2.38. The molecule has 0 aromatic rings. The molecule has 4 heteroatoms. The van der Waals surface area contributed by atoms with Crippen molar-refractivity contribution in [1.82, 2.24) is 0 Å². The Balaban J connectivity index is 1.83. The monoisotopic (exact) mass is 273 g/mol. The topological polar surface area (TPSA) is 44.5 Å². The van der Waals surface area contributed by atoms with Crippen molar-refractivity contribution in [2.24, 2.45) is 5.73 Å². The molecule has 2 unspecified atom stereocenters. The Morgan fingerprint density at radius 1 is 1.44 bits per heavy atom. The largest absolute Gasteiger partial charge is 0.376 e. The van der Waals surface area contributed by atoms with Gasteiger partial charge >= 0.3 is 0 Å². The number of thioether (sulfide) groups is 1. The summed E-state index contributed by atoms with van der Waals surface area (Å²) in [6.45, 7) is 5.70. The lowest BCUT2D eigenvalue weighted by Crippen LogP contribution is -2.47. The van der Waals surface area contributed by atoms with Crippen LogP contribution < -0.4 is 5.73 Å². The lowest BCUT2D eigenvalue weighted by Gasteiger charge is -2.43. The van der Waals surface area contributed by atoms with E-state index in [0.717, 1.165) is 25.9 Å². The van der Waals surface area contributed by atoms with E-state index in [1.54, 1.807) is 0 Å². The van der Waals surface area contributed by atoms with E-state index in [9.17, 15) is 0 Å². The first-order chi connectivity index (χ1) is 8.55. The van der Waals surface area contributed by atoms with Crippen molar-refractivity contribution < 1.29 is 9.47 Å². The third-order valence-corrected chi connectivity index (χ3v) is 5.29. The van der Waals surface area contributed by atoms with Gasteiger partial charge in [0.2, 0.25) is 0 Å². The van der Waals surface area contributed by atoms with E-state index in [0.29, 0.717) is 12.7 Å². The third kappa shape index (κ3) is 3.86. The normalized spacial score (nSPS) is 31.2. The molecule has 2 aliphatic heterocycles. The van der Waals surface area contributed by atoms with E-state index in [-0.39, 0.29) is 11.1 Å². The summed E-state index contributed by atoms with van der Waals surface area (Å²) in [5.41, 5.74) is 6.07. The van der Waals surface area contributed by atoms with E-state index in [1.807, 2.05) is 11.8 Å². The summed E-state index contributed by atoms with van der Waals surface area (Å²) >= 11 is 2.04. The Morgan fingerprint density at radius 3 is 2.83 bits per heavy atom. The summed E-state index contributed by atoms with van der Waals surface area (Å²) in [6.07, 6.45) is 5.76. The predicted molar refractivity (Wildman–Crippen MR) is 77.1 cm³/mol. The summed E-state index contributed by atoms with van der Waals surface area (Å²) in [7, 11) is 0. The van der Waals surface area contributed by atoms with Gasteiger partial charge < -0.3 is 15.2 Å². The van der Waals surface area contributed by atoms with E-state index in [2.05, 4.69) is 13.8 Å². The zero-order valence-corrected chi connectivity index (χ0v) is 12.6. The second-order valence-corrected chi connectivity index (χ2v) is 7.30. The first-order valence-electron chi connectivity index (χ1n) is 7.17. The Morgan fingerprint density at radius 2 is 2.17 bits per heavy atom. The molecule has 2 atom stereocenters. The smallest absolute Gasteiger partial charge is 0.0723 e. The van der Waals surface area contributed by atoms with Crippen LogP contribution in [0.4, 0.5) is 0 Å². The van der Waals surface area contributed by atoms with Gasteiger partial charge in [-0.1, -0.05) is 6.92 Å². The lowest BCUT2D eigenvalue weighted by molar-refractivity contribution is -0.141. The molecular formula is C14H27NO2S. The van der Waals surface area contributed by atoms with Gasteiger partial charge in [-0.25, -0.2) is 0 Å². The third-order valence-electron chi connectivity index (χ3n) is 4.31. The second kappa shape index (κ2) is 6.12. The molecule has 0 aromatic carbocycles. The number of hydrogen-bond donors (Lipinski definition) is 1. The predicted octanol–water partition coefficient (Wildman–Crippen LogP) is 2.58. The minimum absolute atomic E-state index is 0.116. The Kier molecular flexibility index (Phi) is 4.98. The van der Waals surface area contributed by atoms with Crippen molar-refractivity contribution >= 4 is 11.8 Å². The fourth-order valence-corrected chi connectivity index (χ4v) is 3.86. The maximum absolute atomic E-state index is 6.14. The maximum atomic E-state index is 6.14. The van der Waals surface area contributed by atoms with Crippen LogP contribution in [0.2, 0.25) is 0 Å². The van der Waals surface area contributed by atoms with E-state index in [4.69, 9.17) is 15.2 Å². The standard InChI is InChI=1S/C14H27NO2S/c1-3-13(2,15)11-16-12-4-7-17-14(10-12)5-8-18-9-6-14/h12H,3-11,15H2,1-2H3. The van der Waals surface area contributed by atoms with Gasteiger partial charge in [-0.05, 0) is 44.1 Å². The molecule has 0 aromatic heterocycles. The summed E-state index contributed by atoms with van der Waals surface area (Å²) in [4.78, 5) is 0. The first-order valence-corrected chi connectivity index (χ1v) is 8.33. The molecule has 0 bridgehead atoms. The molecule has 2 saturated heterocycles. The highest BCUT2D eigenvalue weighted by molar-refractivity contribution is 7.99. The second-order valence-electron chi connectivity index (χ2n) is 6.08. The number of hydrogen-bond acceptors (Lipinski definition) is 4. The zero-order chi connectivity index (χ0) is 13.1. The van der Waals surface area contributed by atoms with Crippen molar-refractivity contribution in [3.63, 3.8) is 0 Å². The summed E-state index contributed by atoms with van der Waals surface area (Å²) in [5.74, 6) is 2.46. The van der Waals surface area contributed by atoms with Crippen LogP contribution in [0, 0.1) is 0 Å². The molecule has 1 spiro atoms. The highest BCUT2D eigenvalue weighted by Crippen LogP contribution is 2.38. The van der Waals surface area contributed by atoms with Crippen LogP contribution in [0.1, 0.15) is 46.0 Å². The van der Waals surface area contributed by atoms with Crippen LogP contribution in [0.5, 0.6) is 0 Å². The molecule has 2 heterocycles. The molecule has 2 aliphatic rings. The molecule has 18 heavy (non-hydrogen) atoms. The fraction of sp³-hybridized carbons (Fsp3) is 1.00. The molecular weight excluding hydrogens is 246 g/mol. The molecule has 3 nitrogen and oxygen atoms in total. The van der Waals surface area contributed by atoms with Crippen molar-refractivity contribution in [1.29, 1.82) is 0 Å². The van der Waals surface area contributed by atoms with E-state index >= 15 is 0 Å². The molecule has 2 rings (SSSR count). The van der Waals surface area contributed by atoms with Crippen molar-refractivity contribution in [2.75, 3.05) is 24.7 Å². The Hall–Kier alpha value is 0.230. The van der Waals surface area contributed by atoms with Crippen molar-refractivity contribution in [2.45, 2.75) is 63.2 Å². The summed E-state index contributed by atoms with van der Waals surface area (Å²) in [6, 6.07) is 0. The fourth-order valence-electron chi connectivity index (χ4n) is 2.63. The minimum atomic E-state index is -0.187. The van der Waals surface area contributed by atoms with Crippen LogP contribution in [0.15, 0.2) is 0 Å². The highest BCUT2D eigenvalue weighted by atomic mass is 32.2. The van der Waals surface area contributed by atoms with Gasteiger partial charge in [0.1, 0.15) is 0 Å². The van der Waals surface area contributed by atoms with Gasteiger partial charge in [0.15, 0.2) is 0 Å². The molecule has 0 radical (unpaired) electrons. The number of nitrogens with two attached hydrogens (primary N) is 1. The molecule has 106 valence electrons. The van der Waals surface area contributed by atoms with Crippen LogP contribution in [-0.4, -0.2) is 42.0 Å². The zero-order valence-electron chi connectivity index (χ0n) is 11.7. The van der Waals surface area contributed by atoms with Crippen molar-refractivity contribution in [3.05, 3.63) is 0 Å². The highest BCUT2D eigenvalue weighted by Gasteiger charge is 2.39.